The zero-order valence-electron chi connectivity index (χ0n) is 9.63. The molecule has 0 saturated carbocycles. The molecule has 0 saturated heterocycles. The standard InChI is InChI=1S/C10H15NO.C2H6/c1-8(2)10(12)11-9-6-4-3-5-7-9;1-2/h4,6-8H,3,5H2,1-2H3,(H,11,12);1-2H3. The van der Waals surface area contributed by atoms with Crippen molar-refractivity contribution in [1.82, 2.24) is 5.32 Å². The minimum Gasteiger partial charge on any atom is -0.326 e. The lowest BCUT2D eigenvalue weighted by molar-refractivity contribution is -0.123. The Bertz CT molecular complexity index is 226. The highest BCUT2D eigenvalue weighted by atomic mass is 16.1. The van der Waals surface area contributed by atoms with Gasteiger partial charge in [0.2, 0.25) is 5.91 Å². The number of hydrogen-bond donors (Lipinski definition) is 1. The fourth-order valence-corrected chi connectivity index (χ4v) is 0.993. The molecular weight excluding hydrogens is 174 g/mol. The van der Waals surface area contributed by atoms with Gasteiger partial charge in [-0.2, -0.15) is 0 Å². The Morgan fingerprint density at radius 3 is 2.43 bits per heavy atom. The second-order valence-corrected chi connectivity index (χ2v) is 3.28. The first-order valence-electron chi connectivity index (χ1n) is 5.37. The van der Waals surface area contributed by atoms with Gasteiger partial charge in [0.25, 0.3) is 0 Å². The fraction of sp³-hybridized carbons (Fsp3) is 0.583. The molecule has 0 atom stereocenters. The molecule has 80 valence electrons. The summed E-state index contributed by atoms with van der Waals surface area (Å²) in [6.07, 6.45) is 8.21. The third-order valence-electron chi connectivity index (χ3n) is 1.79. The van der Waals surface area contributed by atoms with Crippen molar-refractivity contribution >= 4 is 5.91 Å². The summed E-state index contributed by atoms with van der Waals surface area (Å²) in [5, 5.41) is 2.85. The van der Waals surface area contributed by atoms with Crippen LogP contribution in [0.4, 0.5) is 0 Å². The van der Waals surface area contributed by atoms with E-state index in [9.17, 15) is 4.79 Å². The van der Waals surface area contributed by atoms with Gasteiger partial charge < -0.3 is 5.32 Å². The van der Waals surface area contributed by atoms with E-state index in [2.05, 4.69) is 17.5 Å². The van der Waals surface area contributed by atoms with E-state index in [4.69, 9.17) is 0 Å². The Morgan fingerprint density at radius 1 is 1.36 bits per heavy atom. The highest BCUT2D eigenvalue weighted by Crippen LogP contribution is 2.07. The molecule has 0 aromatic carbocycles. The average Bonchev–Trinajstić information content (AvgIpc) is 2.22. The van der Waals surface area contributed by atoms with Crippen molar-refractivity contribution in [2.45, 2.75) is 40.5 Å². The van der Waals surface area contributed by atoms with Crippen molar-refractivity contribution in [2.24, 2.45) is 5.92 Å². The van der Waals surface area contributed by atoms with Crippen molar-refractivity contribution in [3.8, 4) is 0 Å². The maximum absolute atomic E-state index is 11.2. The van der Waals surface area contributed by atoms with Crippen LogP contribution in [0, 0.1) is 5.92 Å². The van der Waals surface area contributed by atoms with Crippen LogP contribution in [0.5, 0.6) is 0 Å². The van der Waals surface area contributed by atoms with E-state index in [1.165, 1.54) is 0 Å². The number of amides is 1. The predicted octanol–water partition coefficient (Wildman–Crippen LogP) is 3.02. The Kier molecular flexibility index (Phi) is 6.81. The molecule has 2 nitrogen and oxygen atoms in total. The Morgan fingerprint density at radius 2 is 2.00 bits per heavy atom. The lowest BCUT2D eigenvalue weighted by Gasteiger charge is -2.10. The average molecular weight is 195 g/mol. The molecule has 2 heteroatoms. The Balaban J connectivity index is 0.000000791. The minimum absolute atomic E-state index is 0.0567. The molecule has 14 heavy (non-hydrogen) atoms. The van der Waals surface area contributed by atoms with Crippen LogP contribution in [0.3, 0.4) is 0 Å². The number of allylic oxidation sites excluding steroid dienone is 3. The van der Waals surface area contributed by atoms with Crippen LogP contribution in [0.15, 0.2) is 23.9 Å². The van der Waals surface area contributed by atoms with E-state index < -0.39 is 0 Å². The molecule has 0 aromatic heterocycles. The summed E-state index contributed by atoms with van der Waals surface area (Å²) >= 11 is 0. The summed E-state index contributed by atoms with van der Waals surface area (Å²) in [4.78, 5) is 11.2. The zero-order valence-corrected chi connectivity index (χ0v) is 9.63. The van der Waals surface area contributed by atoms with Crippen LogP contribution in [-0.4, -0.2) is 5.91 Å². The van der Waals surface area contributed by atoms with Gasteiger partial charge >= 0.3 is 0 Å². The van der Waals surface area contributed by atoms with Gasteiger partial charge in [0.1, 0.15) is 0 Å². The van der Waals surface area contributed by atoms with E-state index in [0.29, 0.717) is 0 Å². The topological polar surface area (TPSA) is 29.1 Å². The van der Waals surface area contributed by atoms with Crippen molar-refractivity contribution in [3.05, 3.63) is 23.9 Å². The molecule has 1 aliphatic rings. The molecule has 0 bridgehead atoms. The zero-order chi connectivity index (χ0) is 11.0. The normalized spacial score (nSPS) is 14.2. The fourth-order valence-electron chi connectivity index (χ4n) is 0.993. The summed E-state index contributed by atoms with van der Waals surface area (Å²) in [5.74, 6) is 0.147. The highest BCUT2D eigenvalue weighted by molar-refractivity contribution is 5.80. The quantitative estimate of drug-likeness (QED) is 0.721. The van der Waals surface area contributed by atoms with Crippen LogP contribution >= 0.6 is 0 Å². The first-order valence-corrected chi connectivity index (χ1v) is 5.37. The number of rotatable bonds is 2. The molecule has 0 radical (unpaired) electrons. The third-order valence-corrected chi connectivity index (χ3v) is 1.79. The number of hydrogen-bond acceptors (Lipinski definition) is 1. The van der Waals surface area contributed by atoms with Crippen LogP contribution in [0.2, 0.25) is 0 Å². The van der Waals surface area contributed by atoms with Gasteiger partial charge in [0.15, 0.2) is 0 Å². The van der Waals surface area contributed by atoms with Crippen molar-refractivity contribution < 1.29 is 4.79 Å². The third kappa shape index (κ3) is 4.85. The molecule has 0 spiro atoms. The minimum atomic E-state index is 0.0567. The van der Waals surface area contributed by atoms with Gasteiger partial charge in [-0.15, -0.1) is 0 Å². The Labute approximate surface area is 87.1 Å². The molecule has 0 aliphatic heterocycles. The summed E-state index contributed by atoms with van der Waals surface area (Å²) in [6, 6.07) is 0. The second-order valence-electron chi connectivity index (χ2n) is 3.28. The summed E-state index contributed by atoms with van der Waals surface area (Å²) < 4.78 is 0. The van der Waals surface area contributed by atoms with E-state index in [-0.39, 0.29) is 11.8 Å². The molecular formula is C12H21NO. The van der Waals surface area contributed by atoms with Crippen molar-refractivity contribution in [1.29, 1.82) is 0 Å². The van der Waals surface area contributed by atoms with E-state index in [1.807, 2.05) is 33.8 Å². The lowest BCUT2D eigenvalue weighted by atomic mass is 10.1. The van der Waals surface area contributed by atoms with Crippen LogP contribution < -0.4 is 5.32 Å². The van der Waals surface area contributed by atoms with Gasteiger partial charge in [-0.25, -0.2) is 0 Å². The summed E-state index contributed by atoms with van der Waals surface area (Å²) in [5.41, 5.74) is 0.944. The maximum atomic E-state index is 11.2. The lowest BCUT2D eigenvalue weighted by Crippen LogP contribution is -2.26. The van der Waals surface area contributed by atoms with Crippen LogP contribution in [0.25, 0.3) is 0 Å². The van der Waals surface area contributed by atoms with Gasteiger partial charge in [0.05, 0.1) is 0 Å². The predicted molar refractivity (Wildman–Crippen MR) is 60.8 cm³/mol. The summed E-state index contributed by atoms with van der Waals surface area (Å²) in [6.45, 7) is 7.78. The largest absolute Gasteiger partial charge is 0.326 e. The van der Waals surface area contributed by atoms with Gasteiger partial charge in [-0.05, 0) is 18.9 Å². The van der Waals surface area contributed by atoms with Crippen molar-refractivity contribution in [2.75, 3.05) is 0 Å². The molecule has 0 fully saturated rings. The van der Waals surface area contributed by atoms with E-state index >= 15 is 0 Å². The molecule has 0 heterocycles. The second kappa shape index (κ2) is 7.36. The molecule has 1 N–H and O–H groups in total. The van der Waals surface area contributed by atoms with Gasteiger partial charge in [-0.1, -0.05) is 39.8 Å². The monoisotopic (exact) mass is 195 g/mol. The Hall–Kier alpha value is -1.05. The highest BCUT2D eigenvalue weighted by Gasteiger charge is 2.07. The van der Waals surface area contributed by atoms with Crippen LogP contribution in [-0.2, 0) is 4.79 Å². The smallest absolute Gasteiger partial charge is 0.226 e. The van der Waals surface area contributed by atoms with E-state index in [0.717, 1.165) is 18.5 Å². The van der Waals surface area contributed by atoms with Gasteiger partial charge in [0, 0.05) is 11.6 Å². The molecule has 0 unspecified atom stereocenters. The molecule has 1 rings (SSSR count). The number of nitrogens with one attached hydrogen (secondary N) is 1. The first-order chi connectivity index (χ1) is 6.70. The molecule has 1 aliphatic carbocycles. The number of carbonyl (C=O) groups excluding carboxylic acids is 1. The van der Waals surface area contributed by atoms with Crippen molar-refractivity contribution in [3.63, 3.8) is 0 Å². The first kappa shape index (κ1) is 12.9. The van der Waals surface area contributed by atoms with Gasteiger partial charge in [-0.3, -0.25) is 4.79 Å². The molecule has 1 amide bonds. The maximum Gasteiger partial charge on any atom is 0.226 e. The number of carbonyl (C=O) groups is 1. The van der Waals surface area contributed by atoms with Crippen LogP contribution in [0.1, 0.15) is 40.5 Å². The van der Waals surface area contributed by atoms with E-state index in [1.54, 1.807) is 0 Å². The summed E-state index contributed by atoms with van der Waals surface area (Å²) in [7, 11) is 0. The SMILES string of the molecule is CC.CC(C)C(=O)NC1=CCCC=C1. The molecule has 0 aromatic rings.